The van der Waals surface area contributed by atoms with Gasteiger partial charge in [-0.3, -0.25) is 0 Å². The van der Waals surface area contributed by atoms with Gasteiger partial charge in [-0.2, -0.15) is 0 Å². The number of rotatable bonds is 5. The lowest BCUT2D eigenvalue weighted by Crippen LogP contribution is -2.12. The summed E-state index contributed by atoms with van der Waals surface area (Å²) in [7, 11) is 0. The van der Waals surface area contributed by atoms with Crippen molar-refractivity contribution in [2.45, 2.75) is 25.8 Å². The molecule has 2 N–H and O–H groups in total. The van der Waals surface area contributed by atoms with E-state index in [9.17, 15) is 4.79 Å². The number of hydrogen-bond acceptors (Lipinski definition) is 3. The van der Waals surface area contributed by atoms with Crippen molar-refractivity contribution in [3.63, 3.8) is 0 Å². The van der Waals surface area contributed by atoms with E-state index in [-0.39, 0.29) is 17.6 Å². The third-order valence-corrected chi connectivity index (χ3v) is 3.97. The molecule has 0 atom stereocenters. The molecule has 1 aliphatic carbocycles. The van der Waals surface area contributed by atoms with Gasteiger partial charge in [0.2, 0.25) is 0 Å². The smallest absolute Gasteiger partial charge is 0.335 e. The van der Waals surface area contributed by atoms with Gasteiger partial charge in [0.15, 0.2) is 0 Å². The minimum atomic E-state index is -0.935. The second-order valence-electron chi connectivity index (χ2n) is 5.35. The van der Waals surface area contributed by atoms with Crippen molar-refractivity contribution in [1.29, 1.82) is 0 Å². The molecule has 3 rings (SSSR count). The van der Waals surface area contributed by atoms with Crippen molar-refractivity contribution in [3.8, 4) is 0 Å². The number of aliphatic hydroxyl groups excluding tert-OH is 1. The molecule has 5 nitrogen and oxygen atoms in total. The number of hydrogen-bond donors (Lipinski definition) is 2. The lowest BCUT2D eigenvalue weighted by atomic mass is 10.0. The average Bonchev–Trinajstić information content (AvgIpc) is 3.02. The monoisotopic (exact) mass is 260 g/mol. The summed E-state index contributed by atoms with van der Waals surface area (Å²) in [6.07, 6.45) is 4.86. The van der Waals surface area contributed by atoms with E-state index in [0.29, 0.717) is 5.52 Å². The maximum absolute atomic E-state index is 10.9. The van der Waals surface area contributed by atoms with Crippen molar-refractivity contribution in [2.75, 3.05) is 6.61 Å². The highest BCUT2D eigenvalue weighted by molar-refractivity contribution is 5.92. The number of imidazole rings is 1. The fourth-order valence-corrected chi connectivity index (χ4v) is 2.59. The van der Waals surface area contributed by atoms with Crippen LogP contribution in [0.4, 0.5) is 0 Å². The van der Waals surface area contributed by atoms with Crippen molar-refractivity contribution >= 4 is 17.0 Å². The van der Waals surface area contributed by atoms with Gasteiger partial charge in [-0.05, 0) is 42.9 Å². The molecule has 0 saturated heterocycles. The van der Waals surface area contributed by atoms with Crippen LogP contribution >= 0.6 is 0 Å². The second kappa shape index (κ2) is 4.35. The molecule has 0 amide bonds. The molecule has 19 heavy (non-hydrogen) atoms. The molecule has 1 saturated carbocycles. The number of fused-ring (bicyclic) bond motifs is 1. The molecule has 1 aromatic carbocycles. The van der Waals surface area contributed by atoms with Gasteiger partial charge < -0.3 is 14.8 Å². The average molecular weight is 260 g/mol. The first-order valence-corrected chi connectivity index (χ1v) is 6.43. The molecule has 1 heterocycles. The van der Waals surface area contributed by atoms with E-state index in [1.165, 1.54) is 0 Å². The normalized spacial score (nSPS) is 16.7. The lowest BCUT2D eigenvalue weighted by Gasteiger charge is -2.14. The Labute approximate surface area is 110 Å². The van der Waals surface area contributed by atoms with Crippen molar-refractivity contribution < 1.29 is 15.0 Å². The fraction of sp³-hybridized carbons (Fsp3) is 0.429. The Kier molecular flexibility index (Phi) is 2.78. The van der Waals surface area contributed by atoms with Crippen molar-refractivity contribution in [3.05, 3.63) is 30.1 Å². The number of aromatic nitrogens is 2. The highest BCUT2D eigenvalue weighted by Gasteiger charge is 2.42. The second-order valence-corrected chi connectivity index (χ2v) is 5.35. The molecule has 5 heteroatoms. The summed E-state index contributed by atoms with van der Waals surface area (Å²) in [5.41, 5.74) is 2.14. The van der Waals surface area contributed by atoms with Crippen LogP contribution in [0.15, 0.2) is 24.5 Å². The molecule has 2 aromatic rings. The maximum atomic E-state index is 10.9. The fourth-order valence-electron chi connectivity index (χ4n) is 2.59. The Bertz CT molecular complexity index is 629. The first-order valence-electron chi connectivity index (χ1n) is 6.43. The SMILES string of the molecule is O=C(O)c1ccc2c(c1)ncn2CC1(CCO)CC1. The number of benzene rings is 1. The van der Waals surface area contributed by atoms with E-state index in [1.807, 2.05) is 0 Å². The number of carbonyl (C=O) groups is 1. The van der Waals surface area contributed by atoms with Crippen LogP contribution in [0.5, 0.6) is 0 Å². The van der Waals surface area contributed by atoms with Crippen LogP contribution in [-0.4, -0.2) is 32.3 Å². The zero-order valence-corrected chi connectivity index (χ0v) is 10.5. The highest BCUT2D eigenvalue weighted by atomic mass is 16.4. The van der Waals surface area contributed by atoms with E-state index < -0.39 is 5.97 Å². The summed E-state index contributed by atoms with van der Waals surface area (Å²) in [5, 5.41) is 18.0. The third-order valence-electron chi connectivity index (χ3n) is 3.97. The largest absolute Gasteiger partial charge is 0.478 e. The van der Waals surface area contributed by atoms with Gasteiger partial charge >= 0.3 is 5.97 Å². The standard InChI is InChI=1S/C14H16N2O3/c17-6-5-14(3-4-14)8-16-9-15-11-7-10(13(18)19)1-2-12(11)16/h1-2,7,9,17H,3-6,8H2,(H,18,19). The maximum Gasteiger partial charge on any atom is 0.335 e. The minimum absolute atomic E-state index is 0.216. The molecule has 0 radical (unpaired) electrons. The summed E-state index contributed by atoms with van der Waals surface area (Å²) < 4.78 is 2.06. The van der Waals surface area contributed by atoms with E-state index in [4.69, 9.17) is 10.2 Å². The highest BCUT2D eigenvalue weighted by Crippen LogP contribution is 2.50. The van der Waals surface area contributed by atoms with Gasteiger partial charge in [-0.25, -0.2) is 9.78 Å². The summed E-state index contributed by atoms with van der Waals surface area (Å²) >= 11 is 0. The Morgan fingerprint density at radius 1 is 1.42 bits per heavy atom. The van der Waals surface area contributed by atoms with Gasteiger partial charge in [-0.1, -0.05) is 0 Å². The zero-order valence-electron chi connectivity index (χ0n) is 10.5. The molecular formula is C14H16N2O3. The molecule has 0 bridgehead atoms. The number of carboxylic acid groups (broad SMARTS) is 1. The Hall–Kier alpha value is -1.88. The predicted molar refractivity (Wildman–Crippen MR) is 70.1 cm³/mol. The van der Waals surface area contributed by atoms with Gasteiger partial charge in [0.05, 0.1) is 22.9 Å². The van der Waals surface area contributed by atoms with Gasteiger partial charge in [-0.15, -0.1) is 0 Å². The van der Waals surface area contributed by atoms with Crippen LogP contribution in [0.1, 0.15) is 29.6 Å². The Morgan fingerprint density at radius 3 is 2.84 bits per heavy atom. The molecule has 1 aliphatic rings. The predicted octanol–water partition coefficient (Wildman–Crippen LogP) is 1.90. The molecule has 1 fully saturated rings. The first-order chi connectivity index (χ1) is 9.13. The molecule has 0 unspecified atom stereocenters. The first kappa shape index (κ1) is 12.2. The van der Waals surface area contributed by atoms with Crippen LogP contribution < -0.4 is 0 Å². The van der Waals surface area contributed by atoms with Crippen molar-refractivity contribution in [2.24, 2.45) is 5.41 Å². The number of carboxylic acids is 1. The van der Waals surface area contributed by atoms with E-state index >= 15 is 0 Å². The lowest BCUT2D eigenvalue weighted by molar-refractivity contribution is 0.0697. The zero-order chi connectivity index (χ0) is 13.5. The molecular weight excluding hydrogens is 244 g/mol. The minimum Gasteiger partial charge on any atom is -0.478 e. The van der Waals surface area contributed by atoms with Gasteiger partial charge in [0, 0.05) is 13.2 Å². The van der Waals surface area contributed by atoms with Crippen LogP contribution in [0.3, 0.4) is 0 Å². The van der Waals surface area contributed by atoms with E-state index in [0.717, 1.165) is 31.3 Å². The molecule has 0 spiro atoms. The van der Waals surface area contributed by atoms with Crippen molar-refractivity contribution in [1.82, 2.24) is 9.55 Å². The number of aromatic carboxylic acids is 1. The van der Waals surface area contributed by atoms with Crippen LogP contribution in [-0.2, 0) is 6.54 Å². The number of nitrogens with zero attached hydrogens (tertiary/aromatic N) is 2. The van der Waals surface area contributed by atoms with Crippen LogP contribution in [0, 0.1) is 5.41 Å². The van der Waals surface area contributed by atoms with E-state index in [1.54, 1.807) is 24.5 Å². The summed E-state index contributed by atoms with van der Waals surface area (Å²) in [6.45, 7) is 1.06. The Morgan fingerprint density at radius 2 is 2.21 bits per heavy atom. The quantitative estimate of drug-likeness (QED) is 0.861. The summed E-state index contributed by atoms with van der Waals surface area (Å²) in [5.74, 6) is -0.935. The van der Waals surface area contributed by atoms with Crippen LogP contribution in [0.25, 0.3) is 11.0 Å². The van der Waals surface area contributed by atoms with Gasteiger partial charge in [0.25, 0.3) is 0 Å². The Balaban J connectivity index is 1.91. The summed E-state index contributed by atoms with van der Waals surface area (Å²) in [4.78, 5) is 15.2. The topological polar surface area (TPSA) is 75.3 Å². The molecule has 0 aliphatic heterocycles. The van der Waals surface area contributed by atoms with E-state index in [2.05, 4.69) is 9.55 Å². The van der Waals surface area contributed by atoms with Gasteiger partial charge in [0.1, 0.15) is 0 Å². The molecule has 1 aromatic heterocycles. The van der Waals surface area contributed by atoms with Crippen LogP contribution in [0.2, 0.25) is 0 Å². The number of aliphatic hydroxyl groups is 1. The third kappa shape index (κ3) is 2.21. The summed E-state index contributed by atoms with van der Waals surface area (Å²) in [6, 6.07) is 5.01. The molecule has 100 valence electrons.